The minimum absolute atomic E-state index is 0.0554. The van der Waals surface area contributed by atoms with Crippen molar-refractivity contribution in [3.8, 4) is 5.75 Å². The molecule has 0 fully saturated rings. The number of carbonyl (C=O) groups excluding carboxylic acids is 2. The Balaban J connectivity index is 1.47. The number of hydrogen-bond acceptors (Lipinski definition) is 6. The number of cyclic esters (lactones) is 1. The lowest BCUT2D eigenvalue weighted by atomic mass is 10.1. The van der Waals surface area contributed by atoms with Crippen LogP contribution < -0.4 is 4.74 Å². The van der Waals surface area contributed by atoms with Gasteiger partial charge in [0.25, 0.3) is 0 Å². The fourth-order valence-electron chi connectivity index (χ4n) is 3.31. The van der Waals surface area contributed by atoms with Crippen LogP contribution in [-0.2, 0) is 9.53 Å². The van der Waals surface area contributed by atoms with Crippen LogP contribution in [0.3, 0.4) is 0 Å². The number of aliphatic imine (C=N–C) groups is 1. The first-order valence-electron chi connectivity index (χ1n) is 9.96. The number of halogens is 4. The molecule has 4 aromatic rings. The van der Waals surface area contributed by atoms with Crippen LogP contribution in [0.5, 0.6) is 5.75 Å². The molecule has 0 bridgehead atoms. The number of hydrogen-bond donors (Lipinski definition) is 0. The molecule has 0 radical (unpaired) electrons. The summed E-state index contributed by atoms with van der Waals surface area (Å²) in [6.45, 7) is 0. The van der Waals surface area contributed by atoms with Crippen molar-refractivity contribution in [3.05, 3.63) is 102 Å². The van der Waals surface area contributed by atoms with Crippen LogP contribution in [0.4, 0.5) is 0 Å². The number of carbonyl (C=O) groups is 2. The molecule has 1 aromatic heterocycles. The van der Waals surface area contributed by atoms with Gasteiger partial charge in [-0.15, -0.1) is 11.3 Å². The Labute approximate surface area is 226 Å². The number of benzene rings is 3. The molecule has 0 aliphatic carbocycles. The molecule has 0 atom stereocenters. The Morgan fingerprint density at radius 1 is 1.00 bits per heavy atom. The van der Waals surface area contributed by atoms with E-state index in [0.717, 1.165) is 4.70 Å². The third-order valence-corrected chi connectivity index (χ3v) is 7.57. The molecule has 0 N–H and O–H groups in total. The lowest BCUT2D eigenvalue weighted by Gasteiger charge is -2.08. The summed E-state index contributed by atoms with van der Waals surface area (Å²) in [5.74, 6) is -0.882. The van der Waals surface area contributed by atoms with Gasteiger partial charge in [-0.25, -0.2) is 14.6 Å². The minimum atomic E-state index is -0.631. The summed E-state index contributed by atoms with van der Waals surface area (Å²) >= 11 is 23.0. The summed E-state index contributed by atoms with van der Waals surface area (Å²) in [4.78, 5) is 30.0. The first kappa shape index (κ1) is 24.0. The van der Waals surface area contributed by atoms with E-state index in [9.17, 15) is 9.59 Å². The summed E-state index contributed by atoms with van der Waals surface area (Å²) in [5, 5.41) is 2.10. The maximum Gasteiger partial charge on any atom is 0.363 e. The van der Waals surface area contributed by atoms with Gasteiger partial charge in [-0.3, -0.25) is 0 Å². The lowest BCUT2D eigenvalue weighted by molar-refractivity contribution is -0.129. The van der Waals surface area contributed by atoms with Gasteiger partial charge in [0.1, 0.15) is 10.6 Å². The second kappa shape index (κ2) is 9.76. The molecule has 0 amide bonds. The number of fused-ring (bicyclic) bond motifs is 1. The van der Waals surface area contributed by atoms with E-state index in [2.05, 4.69) is 20.9 Å². The topological polar surface area (TPSA) is 65.0 Å². The smallest absolute Gasteiger partial charge is 0.363 e. The first-order chi connectivity index (χ1) is 16.8. The second-order valence-electron chi connectivity index (χ2n) is 7.30. The summed E-state index contributed by atoms with van der Waals surface area (Å²) < 4.78 is 12.5. The number of esters is 2. The van der Waals surface area contributed by atoms with Crippen LogP contribution in [0.25, 0.3) is 16.2 Å². The standard InChI is InChI=1S/C25H11BrCl3NO4S/c26-14-3-8-19(33-25(32)22-21(29)17-7-6-16(28)11-20(17)35-22)13(9-14)10-18-24(31)34-23(30-18)12-1-4-15(27)5-2-12/h1-11H/b18-10+. The molecule has 35 heavy (non-hydrogen) atoms. The zero-order chi connectivity index (χ0) is 24.7. The fourth-order valence-corrected chi connectivity index (χ4v) is 5.48. The third-order valence-electron chi connectivity index (χ3n) is 4.96. The van der Waals surface area contributed by atoms with Crippen LogP contribution >= 0.6 is 62.1 Å². The minimum Gasteiger partial charge on any atom is -0.422 e. The fraction of sp³-hybridized carbons (Fsp3) is 0. The first-order valence-corrected chi connectivity index (χ1v) is 12.7. The van der Waals surface area contributed by atoms with Gasteiger partial charge in [-0.1, -0.05) is 56.8 Å². The summed E-state index contributed by atoms with van der Waals surface area (Å²) in [5.41, 5.74) is 1.10. The van der Waals surface area contributed by atoms with Crippen molar-refractivity contribution < 1.29 is 19.1 Å². The van der Waals surface area contributed by atoms with E-state index in [-0.39, 0.29) is 22.2 Å². The molecule has 10 heteroatoms. The summed E-state index contributed by atoms with van der Waals surface area (Å²) in [6.07, 6.45) is 1.49. The molecule has 0 unspecified atom stereocenters. The van der Waals surface area contributed by atoms with Gasteiger partial charge >= 0.3 is 11.9 Å². The number of thiophene rings is 1. The van der Waals surface area contributed by atoms with E-state index < -0.39 is 11.9 Å². The normalized spacial score (nSPS) is 14.3. The van der Waals surface area contributed by atoms with E-state index in [4.69, 9.17) is 44.3 Å². The molecule has 5 nitrogen and oxygen atoms in total. The second-order valence-corrected chi connectivity index (χ2v) is 10.5. The van der Waals surface area contributed by atoms with E-state index in [0.29, 0.717) is 36.1 Å². The van der Waals surface area contributed by atoms with Gasteiger partial charge in [0, 0.05) is 35.7 Å². The highest BCUT2D eigenvalue weighted by atomic mass is 79.9. The van der Waals surface area contributed by atoms with Crippen LogP contribution in [-0.4, -0.2) is 17.8 Å². The molecule has 174 valence electrons. The van der Waals surface area contributed by atoms with Gasteiger partial charge in [-0.2, -0.15) is 0 Å². The van der Waals surface area contributed by atoms with E-state index >= 15 is 0 Å². The molecule has 0 saturated heterocycles. The van der Waals surface area contributed by atoms with E-state index in [1.807, 2.05) is 0 Å². The average Bonchev–Trinajstić information content (AvgIpc) is 3.35. The van der Waals surface area contributed by atoms with Crippen molar-refractivity contribution in [1.82, 2.24) is 0 Å². The molecular weight excluding hydrogens is 597 g/mol. The van der Waals surface area contributed by atoms with Crippen molar-refractivity contribution in [2.24, 2.45) is 4.99 Å². The van der Waals surface area contributed by atoms with Crippen LogP contribution in [0.1, 0.15) is 20.8 Å². The van der Waals surface area contributed by atoms with Crippen molar-refractivity contribution in [3.63, 3.8) is 0 Å². The third kappa shape index (κ3) is 5.01. The van der Waals surface area contributed by atoms with Gasteiger partial charge in [-0.05, 0) is 60.7 Å². The quantitative estimate of drug-likeness (QED) is 0.133. The summed E-state index contributed by atoms with van der Waals surface area (Å²) in [7, 11) is 0. The molecule has 3 aromatic carbocycles. The Morgan fingerprint density at radius 3 is 2.51 bits per heavy atom. The Kier molecular flexibility index (Phi) is 6.70. The average molecular weight is 608 g/mol. The van der Waals surface area contributed by atoms with Crippen LogP contribution in [0.2, 0.25) is 15.1 Å². The van der Waals surface area contributed by atoms with Crippen molar-refractivity contribution in [2.45, 2.75) is 0 Å². The summed E-state index contributed by atoms with van der Waals surface area (Å²) in [6, 6.07) is 17.0. The van der Waals surface area contributed by atoms with Crippen LogP contribution in [0.15, 0.2) is 75.8 Å². The molecule has 0 spiro atoms. The highest BCUT2D eigenvalue weighted by molar-refractivity contribution is 9.10. The molecule has 0 saturated carbocycles. The van der Waals surface area contributed by atoms with Gasteiger partial charge in [0.2, 0.25) is 5.90 Å². The molecule has 1 aliphatic heterocycles. The number of rotatable bonds is 4. The lowest BCUT2D eigenvalue weighted by Crippen LogP contribution is -2.08. The maximum atomic E-state index is 13.0. The number of nitrogens with zero attached hydrogens (tertiary/aromatic N) is 1. The maximum absolute atomic E-state index is 13.0. The Bertz CT molecular complexity index is 1580. The SMILES string of the molecule is O=C1OC(c2ccc(Cl)cc2)=N/C1=C/c1cc(Br)ccc1OC(=O)c1sc2cc(Cl)ccc2c1Cl. The van der Waals surface area contributed by atoms with E-state index in [1.54, 1.807) is 60.7 Å². The molecule has 5 rings (SSSR count). The highest BCUT2D eigenvalue weighted by Gasteiger charge is 2.25. The highest BCUT2D eigenvalue weighted by Crippen LogP contribution is 2.38. The van der Waals surface area contributed by atoms with Gasteiger partial charge in [0.15, 0.2) is 5.70 Å². The molecule has 2 heterocycles. The zero-order valence-electron chi connectivity index (χ0n) is 17.4. The molecule has 1 aliphatic rings. The predicted molar refractivity (Wildman–Crippen MR) is 143 cm³/mol. The van der Waals surface area contributed by atoms with E-state index in [1.165, 1.54) is 17.4 Å². The van der Waals surface area contributed by atoms with Crippen molar-refractivity contribution >= 4 is 96.1 Å². The van der Waals surface area contributed by atoms with Crippen molar-refractivity contribution in [2.75, 3.05) is 0 Å². The Hall–Kier alpha value is -2.68. The van der Waals surface area contributed by atoms with Crippen molar-refractivity contribution in [1.29, 1.82) is 0 Å². The monoisotopic (exact) mass is 605 g/mol. The zero-order valence-corrected chi connectivity index (χ0v) is 22.0. The van der Waals surface area contributed by atoms with Gasteiger partial charge in [0.05, 0.1) is 5.02 Å². The number of ether oxygens (including phenoxy) is 2. The molecular formula is C25H11BrCl3NO4S. The van der Waals surface area contributed by atoms with Crippen LogP contribution in [0, 0.1) is 0 Å². The Morgan fingerprint density at radius 2 is 1.74 bits per heavy atom. The largest absolute Gasteiger partial charge is 0.422 e. The predicted octanol–water partition coefficient (Wildman–Crippen LogP) is 8.19. The van der Waals surface area contributed by atoms with Gasteiger partial charge < -0.3 is 9.47 Å².